The normalized spacial score (nSPS) is 9.23. The lowest BCUT2D eigenvalue weighted by Gasteiger charge is -1.98. The second-order valence-corrected chi connectivity index (χ2v) is 2.88. The summed E-state index contributed by atoms with van der Waals surface area (Å²) in [4.78, 5) is 25.2. The molecule has 3 N–H and O–H groups in total. The molecule has 68 valence electrons. The van der Waals surface area contributed by atoms with Gasteiger partial charge in [-0.2, -0.15) is 0 Å². The van der Waals surface area contributed by atoms with Gasteiger partial charge in [-0.3, -0.25) is 14.5 Å². The molecule has 13 heavy (non-hydrogen) atoms. The van der Waals surface area contributed by atoms with Crippen LogP contribution >= 0.6 is 11.9 Å². The van der Waals surface area contributed by atoms with E-state index in [1.807, 2.05) is 0 Å². The van der Waals surface area contributed by atoms with Gasteiger partial charge in [-0.1, -0.05) is 0 Å². The number of hydrogen-bond acceptors (Lipinski definition) is 4. The van der Waals surface area contributed by atoms with Crippen molar-refractivity contribution in [1.29, 1.82) is 0 Å². The molecule has 0 bridgehead atoms. The van der Waals surface area contributed by atoms with Crippen molar-refractivity contribution in [2.45, 2.75) is 0 Å². The predicted molar refractivity (Wildman–Crippen MR) is 48.9 cm³/mol. The zero-order valence-corrected chi connectivity index (χ0v) is 7.38. The monoisotopic (exact) mass is 197 g/mol. The molecular formula is C7H7N3O2S. The minimum Gasteiger partial charge on any atom is -0.351 e. The SMILES string of the molecule is NC(=O)NSC(=O)c1cccnc1. The molecule has 6 heteroatoms. The Morgan fingerprint density at radius 3 is 2.85 bits per heavy atom. The fourth-order valence-electron chi connectivity index (χ4n) is 0.639. The maximum Gasteiger partial charge on any atom is 0.322 e. The molecule has 1 heterocycles. The summed E-state index contributed by atoms with van der Waals surface area (Å²) in [6, 6.07) is 2.49. The number of pyridine rings is 1. The van der Waals surface area contributed by atoms with Crippen LogP contribution in [0.15, 0.2) is 24.5 Å². The number of urea groups is 1. The zero-order chi connectivity index (χ0) is 9.68. The summed E-state index contributed by atoms with van der Waals surface area (Å²) in [5.74, 6) is 0. The molecule has 0 radical (unpaired) electrons. The molecule has 0 atom stereocenters. The molecule has 5 nitrogen and oxygen atoms in total. The molecular weight excluding hydrogens is 190 g/mol. The third kappa shape index (κ3) is 3.12. The van der Waals surface area contributed by atoms with Gasteiger partial charge in [0.05, 0.1) is 0 Å². The maximum atomic E-state index is 11.2. The first-order chi connectivity index (χ1) is 6.20. The number of rotatable bonds is 1. The molecule has 1 aromatic rings. The van der Waals surface area contributed by atoms with Crippen LogP contribution in [0.2, 0.25) is 0 Å². The minimum atomic E-state index is -0.748. The highest BCUT2D eigenvalue weighted by molar-refractivity contribution is 8.12. The van der Waals surface area contributed by atoms with Crippen molar-refractivity contribution in [3.63, 3.8) is 0 Å². The zero-order valence-electron chi connectivity index (χ0n) is 6.56. The molecule has 0 unspecified atom stereocenters. The Morgan fingerprint density at radius 2 is 2.31 bits per heavy atom. The fourth-order valence-corrected chi connectivity index (χ4v) is 1.07. The Labute approximate surface area is 78.9 Å². The van der Waals surface area contributed by atoms with Gasteiger partial charge in [-0.15, -0.1) is 0 Å². The van der Waals surface area contributed by atoms with Crippen LogP contribution in [0.1, 0.15) is 10.4 Å². The standard InChI is InChI=1S/C7H7N3O2S/c8-7(12)10-13-6(11)5-2-1-3-9-4-5/h1-4H,(H3,8,10,12). The average molecular weight is 197 g/mol. The number of nitrogens with zero attached hydrogens (tertiary/aromatic N) is 1. The highest BCUT2D eigenvalue weighted by atomic mass is 32.2. The Hall–Kier alpha value is -1.56. The molecule has 0 saturated heterocycles. The largest absolute Gasteiger partial charge is 0.351 e. The van der Waals surface area contributed by atoms with Crippen molar-refractivity contribution in [2.24, 2.45) is 5.73 Å². The Morgan fingerprint density at radius 1 is 1.54 bits per heavy atom. The number of carbonyl (C=O) groups excluding carboxylic acids is 2. The van der Waals surface area contributed by atoms with Gasteiger partial charge < -0.3 is 5.73 Å². The van der Waals surface area contributed by atoms with E-state index >= 15 is 0 Å². The summed E-state index contributed by atoms with van der Waals surface area (Å²) in [6.07, 6.45) is 2.97. The molecule has 0 fully saturated rings. The van der Waals surface area contributed by atoms with Crippen molar-refractivity contribution < 1.29 is 9.59 Å². The van der Waals surface area contributed by atoms with Crippen LogP contribution in [-0.4, -0.2) is 16.1 Å². The van der Waals surface area contributed by atoms with E-state index in [0.717, 1.165) is 0 Å². The van der Waals surface area contributed by atoms with Gasteiger partial charge in [0, 0.05) is 29.9 Å². The summed E-state index contributed by atoms with van der Waals surface area (Å²) < 4.78 is 2.12. The lowest BCUT2D eigenvalue weighted by molar-refractivity contribution is 0.108. The van der Waals surface area contributed by atoms with Crippen LogP contribution in [0.3, 0.4) is 0 Å². The van der Waals surface area contributed by atoms with Gasteiger partial charge in [0.1, 0.15) is 0 Å². The molecule has 0 aromatic carbocycles. The summed E-state index contributed by atoms with van der Waals surface area (Å²) in [6.45, 7) is 0. The van der Waals surface area contributed by atoms with E-state index in [1.165, 1.54) is 6.20 Å². The van der Waals surface area contributed by atoms with Gasteiger partial charge >= 0.3 is 6.03 Å². The summed E-state index contributed by atoms with van der Waals surface area (Å²) in [7, 11) is 0. The number of amides is 2. The quantitative estimate of drug-likeness (QED) is 0.643. The summed E-state index contributed by atoms with van der Waals surface area (Å²) in [5.41, 5.74) is 5.20. The second kappa shape index (κ2) is 4.46. The second-order valence-electron chi connectivity index (χ2n) is 2.10. The number of primary amides is 1. The van der Waals surface area contributed by atoms with E-state index in [4.69, 9.17) is 5.73 Å². The maximum absolute atomic E-state index is 11.2. The summed E-state index contributed by atoms with van der Waals surface area (Å²) >= 11 is 0.634. The number of aromatic nitrogens is 1. The lowest BCUT2D eigenvalue weighted by atomic mass is 10.3. The number of nitrogens with one attached hydrogen (secondary N) is 1. The fraction of sp³-hybridized carbons (Fsp3) is 0. The van der Waals surface area contributed by atoms with Gasteiger partial charge in [0.25, 0.3) is 0 Å². The van der Waals surface area contributed by atoms with E-state index in [0.29, 0.717) is 17.5 Å². The van der Waals surface area contributed by atoms with Crippen LogP contribution in [0.5, 0.6) is 0 Å². The highest BCUT2D eigenvalue weighted by Crippen LogP contribution is 2.06. The topological polar surface area (TPSA) is 85.1 Å². The van der Waals surface area contributed by atoms with Crippen molar-refractivity contribution in [3.05, 3.63) is 30.1 Å². The smallest absolute Gasteiger partial charge is 0.322 e. The predicted octanol–water partition coefficient (Wildman–Crippen LogP) is 0.538. The van der Waals surface area contributed by atoms with Crippen LogP contribution in [0.25, 0.3) is 0 Å². The molecule has 0 saturated carbocycles. The molecule has 1 rings (SSSR count). The van der Waals surface area contributed by atoms with Gasteiger partial charge in [-0.05, 0) is 12.1 Å². The third-order valence-electron chi connectivity index (χ3n) is 1.14. The van der Waals surface area contributed by atoms with Gasteiger partial charge in [0.2, 0.25) is 5.12 Å². The van der Waals surface area contributed by atoms with Crippen LogP contribution in [-0.2, 0) is 0 Å². The highest BCUT2D eigenvalue weighted by Gasteiger charge is 2.06. The Balaban J connectivity index is 2.54. The van der Waals surface area contributed by atoms with Crippen LogP contribution in [0.4, 0.5) is 4.79 Å². The molecule has 1 aromatic heterocycles. The third-order valence-corrected chi connectivity index (χ3v) is 1.87. The Kier molecular flexibility index (Phi) is 3.27. The summed E-state index contributed by atoms with van der Waals surface area (Å²) in [5, 5.41) is -0.299. The molecule has 0 aliphatic rings. The first-order valence-corrected chi connectivity index (χ1v) is 4.18. The lowest BCUT2D eigenvalue weighted by Crippen LogP contribution is -2.24. The first-order valence-electron chi connectivity index (χ1n) is 3.37. The van der Waals surface area contributed by atoms with E-state index in [-0.39, 0.29) is 5.12 Å². The van der Waals surface area contributed by atoms with Crippen molar-refractivity contribution in [1.82, 2.24) is 9.71 Å². The average Bonchev–Trinajstić information content (AvgIpc) is 2.15. The van der Waals surface area contributed by atoms with Gasteiger partial charge in [-0.25, -0.2) is 4.79 Å². The molecule has 0 aliphatic heterocycles. The van der Waals surface area contributed by atoms with Crippen molar-refractivity contribution in [2.75, 3.05) is 0 Å². The first kappa shape index (κ1) is 9.53. The van der Waals surface area contributed by atoms with Crippen LogP contribution < -0.4 is 10.5 Å². The minimum absolute atomic E-state index is 0.299. The van der Waals surface area contributed by atoms with Crippen molar-refractivity contribution in [3.8, 4) is 0 Å². The van der Waals surface area contributed by atoms with E-state index in [9.17, 15) is 9.59 Å². The molecule has 0 aliphatic carbocycles. The molecule has 2 amide bonds. The van der Waals surface area contributed by atoms with Gasteiger partial charge in [0.15, 0.2) is 0 Å². The van der Waals surface area contributed by atoms with E-state index < -0.39 is 6.03 Å². The molecule has 0 spiro atoms. The number of carbonyl (C=O) groups is 2. The Bertz CT molecular complexity index is 315. The van der Waals surface area contributed by atoms with E-state index in [2.05, 4.69) is 9.71 Å². The number of nitrogens with two attached hydrogens (primary N) is 1. The van der Waals surface area contributed by atoms with E-state index in [1.54, 1.807) is 18.3 Å². The number of hydrogen-bond donors (Lipinski definition) is 2. The van der Waals surface area contributed by atoms with Crippen molar-refractivity contribution >= 4 is 23.1 Å². The van der Waals surface area contributed by atoms with Crippen LogP contribution in [0, 0.1) is 0 Å².